The molecule has 1 aliphatic heterocycles. The lowest BCUT2D eigenvalue weighted by Gasteiger charge is -2.36. The van der Waals surface area contributed by atoms with Crippen LogP contribution in [0.15, 0.2) is 24.3 Å². The zero-order valence-electron chi connectivity index (χ0n) is 15.6. The van der Waals surface area contributed by atoms with Gasteiger partial charge in [-0.3, -0.25) is 14.6 Å². The minimum absolute atomic E-state index is 0. The smallest absolute Gasteiger partial charge is 0.134 e. The van der Waals surface area contributed by atoms with Crippen molar-refractivity contribution in [3.63, 3.8) is 0 Å². The van der Waals surface area contributed by atoms with Crippen LogP contribution in [0.1, 0.15) is 18.1 Å². The first-order chi connectivity index (χ1) is 10.9. The van der Waals surface area contributed by atoms with Crippen LogP contribution in [0.25, 0.3) is 0 Å². The SMILES string of the molecule is CC(=O)Cc1ccc(C[N+]2(C)CCN(C)CCN(C)CC2)cc1.[Br-]. The van der Waals surface area contributed by atoms with Crippen LogP contribution in [-0.4, -0.2) is 80.5 Å². The zero-order valence-corrected chi connectivity index (χ0v) is 17.2. The van der Waals surface area contributed by atoms with Crippen LogP contribution < -0.4 is 17.0 Å². The molecule has 0 bridgehead atoms. The molecular weight excluding hydrogens is 366 g/mol. The van der Waals surface area contributed by atoms with Gasteiger partial charge in [0.05, 0.1) is 20.1 Å². The summed E-state index contributed by atoms with van der Waals surface area (Å²) < 4.78 is 1.07. The minimum atomic E-state index is 0. The third kappa shape index (κ3) is 7.01. The second kappa shape index (κ2) is 9.66. The van der Waals surface area contributed by atoms with Gasteiger partial charge in [-0.05, 0) is 26.6 Å². The average molecular weight is 398 g/mol. The molecule has 1 aromatic carbocycles. The van der Waals surface area contributed by atoms with E-state index in [1.807, 2.05) is 0 Å². The van der Waals surface area contributed by atoms with E-state index < -0.39 is 0 Å². The van der Waals surface area contributed by atoms with Crippen molar-refractivity contribution in [3.05, 3.63) is 35.4 Å². The number of Topliss-reactive ketones (excluding diaryl/α,β-unsaturated/α-hetero) is 1. The van der Waals surface area contributed by atoms with E-state index in [2.05, 4.69) is 55.2 Å². The third-order valence-electron chi connectivity index (χ3n) is 4.95. The molecule has 4 nitrogen and oxygen atoms in total. The quantitative estimate of drug-likeness (QED) is 0.586. The summed E-state index contributed by atoms with van der Waals surface area (Å²) in [7, 11) is 6.82. The van der Waals surface area contributed by atoms with Crippen LogP contribution >= 0.6 is 0 Å². The lowest BCUT2D eigenvalue weighted by Crippen LogP contribution is -3.00. The van der Waals surface area contributed by atoms with Crippen LogP contribution in [0.3, 0.4) is 0 Å². The molecule has 0 aromatic heterocycles. The van der Waals surface area contributed by atoms with E-state index in [4.69, 9.17) is 0 Å². The van der Waals surface area contributed by atoms with Gasteiger partial charge in [-0.2, -0.15) is 0 Å². The predicted molar refractivity (Wildman–Crippen MR) is 95.4 cm³/mol. The standard InChI is InChI=1S/C19H32N3O.BrH/c1-17(23)15-18-5-7-19(8-6-18)16-22(4)13-11-20(2)9-10-21(3)12-14-22;/h5-8H,9-16H2,1-4H3;1H/q+1;/p-1. The van der Waals surface area contributed by atoms with Gasteiger partial charge in [0.1, 0.15) is 12.3 Å². The summed E-state index contributed by atoms with van der Waals surface area (Å²) >= 11 is 0. The van der Waals surface area contributed by atoms with Gasteiger partial charge >= 0.3 is 0 Å². The van der Waals surface area contributed by atoms with Crippen molar-refractivity contribution in [2.24, 2.45) is 0 Å². The summed E-state index contributed by atoms with van der Waals surface area (Å²) in [6, 6.07) is 8.61. The van der Waals surface area contributed by atoms with Crippen LogP contribution in [0.2, 0.25) is 0 Å². The summed E-state index contributed by atoms with van der Waals surface area (Å²) in [4.78, 5) is 16.1. The Hall–Kier alpha value is -0.750. The van der Waals surface area contributed by atoms with Crippen molar-refractivity contribution in [2.45, 2.75) is 19.9 Å². The molecule has 1 heterocycles. The number of halogens is 1. The van der Waals surface area contributed by atoms with Crippen molar-refractivity contribution in [1.82, 2.24) is 9.80 Å². The van der Waals surface area contributed by atoms with Gasteiger partial charge in [0.15, 0.2) is 0 Å². The lowest BCUT2D eigenvalue weighted by atomic mass is 10.1. The highest BCUT2D eigenvalue weighted by molar-refractivity contribution is 5.78. The molecule has 136 valence electrons. The summed E-state index contributed by atoms with van der Waals surface area (Å²) in [5, 5.41) is 0. The Kier molecular flexibility index (Phi) is 8.57. The molecule has 0 N–H and O–H groups in total. The fourth-order valence-electron chi connectivity index (χ4n) is 3.15. The Morgan fingerprint density at radius 2 is 1.42 bits per heavy atom. The topological polar surface area (TPSA) is 23.6 Å². The number of benzene rings is 1. The Morgan fingerprint density at radius 1 is 0.958 bits per heavy atom. The molecule has 24 heavy (non-hydrogen) atoms. The van der Waals surface area contributed by atoms with Crippen molar-refractivity contribution in [3.8, 4) is 0 Å². The number of likely N-dealkylation sites (N-methyl/N-ethyl adjacent to an activating group) is 3. The van der Waals surface area contributed by atoms with E-state index in [0.29, 0.717) is 6.42 Å². The molecule has 0 saturated carbocycles. The normalized spacial score (nSPS) is 19.7. The highest BCUT2D eigenvalue weighted by Gasteiger charge is 2.24. The van der Waals surface area contributed by atoms with Crippen molar-refractivity contribution in [2.75, 3.05) is 60.4 Å². The van der Waals surface area contributed by atoms with E-state index in [9.17, 15) is 4.79 Å². The maximum atomic E-state index is 11.2. The summed E-state index contributed by atoms with van der Waals surface area (Å²) in [6.07, 6.45) is 0.544. The second-order valence-corrected chi connectivity index (χ2v) is 7.53. The van der Waals surface area contributed by atoms with E-state index >= 15 is 0 Å². The number of quaternary nitrogens is 1. The van der Waals surface area contributed by atoms with Crippen LogP contribution in [0.5, 0.6) is 0 Å². The monoisotopic (exact) mass is 397 g/mol. The van der Waals surface area contributed by atoms with Crippen LogP contribution in [0, 0.1) is 0 Å². The molecule has 0 unspecified atom stereocenters. The van der Waals surface area contributed by atoms with E-state index in [1.54, 1.807) is 6.92 Å². The molecule has 1 fully saturated rings. The molecule has 0 spiro atoms. The van der Waals surface area contributed by atoms with Crippen molar-refractivity contribution >= 4 is 5.78 Å². The van der Waals surface area contributed by atoms with E-state index in [0.717, 1.165) is 42.8 Å². The van der Waals surface area contributed by atoms with E-state index in [1.165, 1.54) is 18.7 Å². The van der Waals surface area contributed by atoms with Crippen LogP contribution in [-0.2, 0) is 17.8 Å². The molecule has 1 saturated heterocycles. The molecule has 1 aromatic rings. The minimum Gasteiger partial charge on any atom is -1.00 e. The first-order valence-corrected chi connectivity index (χ1v) is 8.64. The van der Waals surface area contributed by atoms with E-state index in [-0.39, 0.29) is 22.8 Å². The highest BCUT2D eigenvalue weighted by Crippen LogP contribution is 2.15. The number of hydrogen-bond acceptors (Lipinski definition) is 3. The Bertz CT molecular complexity index is 504. The average Bonchev–Trinajstić information content (AvgIpc) is 2.55. The van der Waals surface area contributed by atoms with Gasteiger partial charge < -0.3 is 21.5 Å². The summed E-state index contributed by atoms with van der Waals surface area (Å²) in [5.74, 6) is 0.225. The number of nitrogens with zero attached hydrogens (tertiary/aromatic N) is 3. The zero-order chi connectivity index (χ0) is 16.9. The summed E-state index contributed by atoms with van der Waals surface area (Å²) in [5.41, 5.74) is 2.48. The number of carbonyl (C=O) groups is 1. The Labute approximate surface area is 157 Å². The van der Waals surface area contributed by atoms with Gasteiger partial charge in [-0.15, -0.1) is 0 Å². The van der Waals surface area contributed by atoms with Gasteiger partial charge in [-0.1, -0.05) is 24.3 Å². The molecule has 0 aliphatic carbocycles. The maximum Gasteiger partial charge on any atom is 0.134 e. The summed E-state index contributed by atoms with van der Waals surface area (Å²) in [6.45, 7) is 9.66. The molecule has 1 aliphatic rings. The fourth-order valence-corrected chi connectivity index (χ4v) is 3.15. The van der Waals surface area contributed by atoms with Crippen LogP contribution in [0.4, 0.5) is 0 Å². The number of hydrogen-bond donors (Lipinski definition) is 0. The largest absolute Gasteiger partial charge is 1.00 e. The first-order valence-electron chi connectivity index (χ1n) is 8.64. The van der Waals surface area contributed by atoms with Gasteiger partial charge in [0.2, 0.25) is 0 Å². The van der Waals surface area contributed by atoms with Crippen molar-refractivity contribution < 1.29 is 26.3 Å². The lowest BCUT2D eigenvalue weighted by molar-refractivity contribution is -0.921. The molecule has 0 radical (unpaired) electrons. The molecular formula is C19H32BrN3O. The maximum absolute atomic E-state index is 11.2. The Balaban J connectivity index is 0.00000288. The first kappa shape index (κ1) is 21.3. The predicted octanol–water partition coefficient (Wildman–Crippen LogP) is -1.35. The second-order valence-electron chi connectivity index (χ2n) is 7.53. The van der Waals surface area contributed by atoms with Gasteiger partial charge in [0.25, 0.3) is 0 Å². The van der Waals surface area contributed by atoms with Crippen molar-refractivity contribution in [1.29, 1.82) is 0 Å². The molecule has 5 heteroatoms. The fraction of sp³-hybridized carbons (Fsp3) is 0.632. The third-order valence-corrected chi connectivity index (χ3v) is 4.95. The van der Waals surface area contributed by atoms with Gasteiger partial charge in [0, 0.05) is 38.2 Å². The Morgan fingerprint density at radius 3 is 1.88 bits per heavy atom. The van der Waals surface area contributed by atoms with Gasteiger partial charge in [-0.25, -0.2) is 0 Å². The molecule has 0 amide bonds. The molecule has 2 rings (SSSR count). The number of ketones is 1. The number of rotatable bonds is 4. The number of carbonyl (C=O) groups excluding carboxylic acids is 1. The molecule has 0 atom stereocenters. The highest BCUT2D eigenvalue weighted by atomic mass is 79.9.